The van der Waals surface area contributed by atoms with E-state index >= 15 is 0 Å². The molecule has 2 atom stereocenters. The zero-order chi connectivity index (χ0) is 25.5. The normalized spacial score (nSPS) is 23.9. The largest absolute Gasteiger partial charge is 0.417 e. The number of alkyl halides is 3. The number of benzene rings is 1. The molecule has 3 saturated heterocycles. The van der Waals surface area contributed by atoms with E-state index in [1.165, 1.54) is 10.4 Å². The lowest BCUT2D eigenvalue weighted by Crippen LogP contribution is -2.42. The van der Waals surface area contributed by atoms with Crippen molar-refractivity contribution in [2.24, 2.45) is 11.8 Å². The molecule has 0 bridgehead atoms. The maximum atomic E-state index is 13.2. The van der Waals surface area contributed by atoms with Crippen LogP contribution in [0.3, 0.4) is 0 Å². The van der Waals surface area contributed by atoms with Crippen LogP contribution in [0.15, 0.2) is 47.5 Å². The predicted molar refractivity (Wildman–Crippen MR) is 128 cm³/mol. The number of hydrogen-bond donors (Lipinski definition) is 2. The van der Waals surface area contributed by atoms with Crippen LogP contribution < -0.4 is 15.5 Å². The van der Waals surface area contributed by atoms with Gasteiger partial charge >= 0.3 is 6.18 Å². The molecule has 0 unspecified atom stereocenters. The van der Waals surface area contributed by atoms with E-state index in [1.54, 1.807) is 24.3 Å². The van der Waals surface area contributed by atoms with Gasteiger partial charge in [0.05, 0.1) is 16.4 Å². The van der Waals surface area contributed by atoms with Crippen molar-refractivity contribution in [3.05, 3.63) is 48.2 Å². The first kappa shape index (κ1) is 24.8. The molecule has 12 heteroatoms. The second-order valence-corrected chi connectivity index (χ2v) is 11.5. The summed E-state index contributed by atoms with van der Waals surface area (Å²) in [6, 6.07) is 9.00. The van der Waals surface area contributed by atoms with Gasteiger partial charge in [-0.3, -0.25) is 4.79 Å². The summed E-state index contributed by atoms with van der Waals surface area (Å²) in [6.07, 6.45) is -1.70. The first-order valence-corrected chi connectivity index (χ1v) is 13.5. The van der Waals surface area contributed by atoms with Crippen LogP contribution >= 0.6 is 0 Å². The number of anilines is 2. The van der Waals surface area contributed by atoms with Gasteiger partial charge in [0.2, 0.25) is 15.9 Å². The van der Waals surface area contributed by atoms with Gasteiger partial charge in [0.15, 0.2) is 0 Å². The molecule has 2 aromatic rings. The van der Waals surface area contributed by atoms with Gasteiger partial charge in [0, 0.05) is 50.6 Å². The molecular formula is C24H28F3N5O3S. The van der Waals surface area contributed by atoms with Crippen LogP contribution in [0.25, 0.3) is 0 Å². The van der Waals surface area contributed by atoms with Gasteiger partial charge in [0.1, 0.15) is 5.82 Å². The molecule has 194 valence electrons. The average Bonchev–Trinajstić information content (AvgIpc) is 3.24. The average molecular weight is 524 g/mol. The second kappa shape index (κ2) is 9.55. The number of rotatable bonds is 5. The number of sulfonamides is 1. The standard InChI is InChI=1S/C24H28F3N5O3S/c25-24(26,27)17-1-6-22(28-14-17)30-18-8-11-32(12-9-18)36(34,35)20-4-2-19(3-5-20)31-10-7-16-13-29-23(33)21(16)15-31/h1-6,14,16,18,21H,7-13,15H2,(H,28,30)(H,29,33)/t16-,21-/m0/s1. The van der Waals surface area contributed by atoms with Crippen LogP contribution in [-0.4, -0.2) is 62.4 Å². The van der Waals surface area contributed by atoms with Gasteiger partial charge in [-0.05, 0) is 61.6 Å². The molecule has 0 aliphatic carbocycles. The Morgan fingerprint density at radius 3 is 2.36 bits per heavy atom. The predicted octanol–water partition coefficient (Wildman–Crippen LogP) is 2.94. The van der Waals surface area contributed by atoms with Crippen LogP contribution in [0.1, 0.15) is 24.8 Å². The topological polar surface area (TPSA) is 94.6 Å². The molecule has 3 fully saturated rings. The molecule has 0 spiro atoms. The molecule has 3 aliphatic heterocycles. The summed E-state index contributed by atoms with van der Waals surface area (Å²) >= 11 is 0. The van der Waals surface area contributed by atoms with Gasteiger partial charge in [-0.2, -0.15) is 17.5 Å². The monoisotopic (exact) mass is 523 g/mol. The SMILES string of the molecule is O=C1NC[C@@H]2CCN(c3ccc(S(=O)(=O)N4CCC(Nc5ccc(C(F)(F)F)cn5)CC4)cc3)C[C@H]12. The number of pyridine rings is 1. The highest BCUT2D eigenvalue weighted by Gasteiger charge is 2.39. The number of nitrogens with zero attached hydrogens (tertiary/aromatic N) is 3. The van der Waals surface area contributed by atoms with Crippen LogP contribution in [0.5, 0.6) is 0 Å². The Kier molecular flexibility index (Phi) is 6.58. The van der Waals surface area contributed by atoms with Crippen LogP contribution in [0.4, 0.5) is 24.7 Å². The van der Waals surface area contributed by atoms with Crippen molar-refractivity contribution in [1.29, 1.82) is 0 Å². The lowest BCUT2D eigenvalue weighted by molar-refractivity contribution is -0.137. The van der Waals surface area contributed by atoms with Crippen molar-refractivity contribution in [2.75, 3.05) is 42.9 Å². The highest BCUT2D eigenvalue weighted by atomic mass is 32.2. The molecule has 36 heavy (non-hydrogen) atoms. The summed E-state index contributed by atoms with van der Waals surface area (Å²) in [5, 5.41) is 6.02. The van der Waals surface area contributed by atoms with E-state index in [4.69, 9.17) is 0 Å². The smallest absolute Gasteiger partial charge is 0.371 e. The van der Waals surface area contributed by atoms with Crippen molar-refractivity contribution < 1.29 is 26.4 Å². The molecule has 0 radical (unpaired) electrons. The summed E-state index contributed by atoms with van der Waals surface area (Å²) in [5.74, 6) is 0.783. The fourth-order valence-corrected chi connectivity index (χ4v) is 6.68. The minimum Gasteiger partial charge on any atom is -0.371 e. The Morgan fingerprint density at radius 1 is 1.00 bits per heavy atom. The molecule has 5 rings (SSSR count). The number of piperidine rings is 2. The zero-order valence-electron chi connectivity index (χ0n) is 19.5. The van der Waals surface area contributed by atoms with E-state index in [-0.39, 0.29) is 22.8 Å². The zero-order valence-corrected chi connectivity index (χ0v) is 20.4. The fourth-order valence-electron chi connectivity index (χ4n) is 5.21. The van der Waals surface area contributed by atoms with Crippen molar-refractivity contribution in [3.8, 4) is 0 Å². The maximum Gasteiger partial charge on any atom is 0.417 e. The molecule has 3 aliphatic rings. The Balaban J connectivity index is 1.17. The Morgan fingerprint density at radius 2 is 1.72 bits per heavy atom. The van der Waals surface area contributed by atoms with Crippen molar-refractivity contribution >= 4 is 27.4 Å². The number of fused-ring (bicyclic) bond motifs is 1. The number of amides is 1. The quantitative estimate of drug-likeness (QED) is 0.626. The summed E-state index contributed by atoms with van der Waals surface area (Å²) < 4.78 is 65.9. The Hall–Kier alpha value is -2.86. The lowest BCUT2D eigenvalue weighted by Gasteiger charge is -2.35. The van der Waals surface area contributed by atoms with Gasteiger partial charge in [-0.15, -0.1) is 0 Å². The van der Waals surface area contributed by atoms with E-state index in [0.717, 1.165) is 37.5 Å². The molecule has 1 aromatic heterocycles. The highest BCUT2D eigenvalue weighted by molar-refractivity contribution is 7.89. The van der Waals surface area contributed by atoms with Gasteiger partial charge in [-0.25, -0.2) is 13.4 Å². The minimum absolute atomic E-state index is 0.0187. The number of halogens is 3. The Bertz CT molecular complexity index is 1200. The summed E-state index contributed by atoms with van der Waals surface area (Å²) in [5.41, 5.74) is 0.0903. The summed E-state index contributed by atoms with van der Waals surface area (Å²) in [6.45, 7) is 2.80. The molecule has 8 nitrogen and oxygen atoms in total. The van der Waals surface area contributed by atoms with E-state index in [1.807, 2.05) is 0 Å². The first-order valence-electron chi connectivity index (χ1n) is 12.0. The van der Waals surface area contributed by atoms with Gasteiger partial charge in [-0.1, -0.05) is 0 Å². The van der Waals surface area contributed by atoms with E-state index in [0.29, 0.717) is 44.2 Å². The summed E-state index contributed by atoms with van der Waals surface area (Å²) in [7, 11) is -3.67. The number of nitrogens with one attached hydrogen (secondary N) is 2. The summed E-state index contributed by atoms with van der Waals surface area (Å²) in [4.78, 5) is 18.2. The van der Waals surface area contributed by atoms with Crippen LogP contribution in [0, 0.1) is 11.8 Å². The second-order valence-electron chi connectivity index (χ2n) is 9.59. The van der Waals surface area contributed by atoms with Gasteiger partial charge < -0.3 is 15.5 Å². The fraction of sp³-hybridized carbons (Fsp3) is 0.500. The lowest BCUT2D eigenvalue weighted by atomic mass is 9.88. The van der Waals surface area contributed by atoms with E-state index < -0.39 is 21.8 Å². The first-order chi connectivity index (χ1) is 17.1. The van der Waals surface area contributed by atoms with E-state index in [2.05, 4.69) is 20.5 Å². The molecular weight excluding hydrogens is 495 g/mol. The minimum atomic E-state index is -4.44. The molecule has 1 amide bonds. The molecule has 2 N–H and O–H groups in total. The third kappa shape index (κ3) is 5.01. The van der Waals surface area contributed by atoms with Crippen molar-refractivity contribution in [3.63, 3.8) is 0 Å². The van der Waals surface area contributed by atoms with Crippen LogP contribution in [0.2, 0.25) is 0 Å². The third-order valence-electron chi connectivity index (χ3n) is 7.37. The Labute approximate surface area is 207 Å². The van der Waals surface area contributed by atoms with E-state index in [9.17, 15) is 26.4 Å². The van der Waals surface area contributed by atoms with Crippen molar-refractivity contribution in [2.45, 2.75) is 36.4 Å². The molecule has 4 heterocycles. The molecule has 1 aromatic carbocycles. The third-order valence-corrected chi connectivity index (χ3v) is 9.28. The molecule has 0 saturated carbocycles. The maximum absolute atomic E-state index is 13.2. The number of carbonyl (C=O) groups excluding carboxylic acids is 1. The number of carbonyl (C=O) groups is 1. The number of aromatic nitrogens is 1. The van der Waals surface area contributed by atoms with Gasteiger partial charge in [0.25, 0.3) is 0 Å². The number of hydrogen-bond acceptors (Lipinski definition) is 6. The van der Waals surface area contributed by atoms with Crippen LogP contribution in [-0.2, 0) is 21.0 Å². The van der Waals surface area contributed by atoms with Crippen molar-refractivity contribution in [1.82, 2.24) is 14.6 Å². The highest BCUT2D eigenvalue weighted by Crippen LogP contribution is 2.32.